The minimum absolute atomic E-state index is 0.0634. The fourth-order valence-corrected chi connectivity index (χ4v) is 2.18. The van der Waals surface area contributed by atoms with E-state index in [1.807, 2.05) is 0 Å². The average molecular weight is 268 g/mol. The lowest BCUT2D eigenvalue weighted by Crippen LogP contribution is -2.53. The van der Waals surface area contributed by atoms with E-state index in [0.29, 0.717) is 6.42 Å². The molecule has 2 heterocycles. The van der Waals surface area contributed by atoms with E-state index in [9.17, 15) is 19.8 Å². The van der Waals surface area contributed by atoms with Gasteiger partial charge < -0.3 is 20.8 Å². The number of nitrogens with zero attached hydrogens (tertiary/aromatic N) is 3. The number of aromatic nitrogens is 2. The van der Waals surface area contributed by atoms with E-state index in [1.54, 1.807) is 0 Å². The molecule has 4 N–H and O–H groups in total. The van der Waals surface area contributed by atoms with Crippen molar-refractivity contribution in [3.8, 4) is 0 Å². The summed E-state index contributed by atoms with van der Waals surface area (Å²) < 4.78 is 1.21. The molecule has 0 aromatic carbocycles. The van der Waals surface area contributed by atoms with Crippen molar-refractivity contribution in [3.63, 3.8) is 0 Å². The monoisotopic (exact) mass is 268 g/mol. The maximum Gasteiger partial charge on any atom is 0.350 e. The Balaban J connectivity index is 2.30. The summed E-state index contributed by atoms with van der Waals surface area (Å²) in [5.41, 5.74) is 3.79. The summed E-state index contributed by atoms with van der Waals surface area (Å²) >= 11 is 0. The number of likely N-dealkylation sites (tertiary alicyclic amines) is 1. The van der Waals surface area contributed by atoms with Crippen LogP contribution in [-0.2, 0) is 11.5 Å². The Bertz CT molecular complexity index is 538. The van der Waals surface area contributed by atoms with Crippen molar-refractivity contribution >= 4 is 11.7 Å². The number of aliphatic hydroxyl groups excluding tert-OH is 2. The molecule has 0 radical (unpaired) electrons. The van der Waals surface area contributed by atoms with Gasteiger partial charge in [0.05, 0.1) is 18.8 Å². The smallest absolute Gasteiger partial charge is 0.350 e. The van der Waals surface area contributed by atoms with E-state index >= 15 is 0 Å². The lowest BCUT2D eigenvalue weighted by atomic mass is 9.99. The molecule has 1 aliphatic rings. The number of carbonyl (C=O) groups is 1. The number of aliphatic hydroxyl groups is 2. The largest absolute Gasteiger partial charge is 0.394 e. The Kier molecular flexibility index (Phi) is 3.54. The van der Waals surface area contributed by atoms with Crippen LogP contribution in [0.25, 0.3) is 0 Å². The van der Waals surface area contributed by atoms with Crippen molar-refractivity contribution < 1.29 is 15.0 Å². The summed E-state index contributed by atoms with van der Waals surface area (Å²) in [6.45, 7) is -0.773. The molecule has 0 saturated carbocycles. The zero-order chi connectivity index (χ0) is 14.0. The van der Waals surface area contributed by atoms with Gasteiger partial charge in [0.1, 0.15) is 12.5 Å². The molecular weight excluding hydrogens is 252 g/mol. The van der Waals surface area contributed by atoms with Crippen LogP contribution in [0.2, 0.25) is 0 Å². The maximum absolute atomic E-state index is 11.8. The number of hydrogen-bond acceptors (Lipinski definition) is 6. The highest BCUT2D eigenvalue weighted by atomic mass is 16.3. The van der Waals surface area contributed by atoms with E-state index in [-0.39, 0.29) is 38.0 Å². The van der Waals surface area contributed by atoms with Crippen LogP contribution in [0.15, 0.2) is 17.1 Å². The highest BCUT2D eigenvalue weighted by Crippen LogP contribution is 2.29. The first-order valence-electron chi connectivity index (χ1n) is 5.87. The van der Waals surface area contributed by atoms with E-state index in [1.165, 1.54) is 21.7 Å². The Morgan fingerprint density at radius 1 is 1.37 bits per heavy atom. The second kappa shape index (κ2) is 4.98. The van der Waals surface area contributed by atoms with E-state index in [4.69, 9.17) is 5.73 Å². The average Bonchev–Trinajstić information content (AvgIpc) is 2.71. The standard InChI is InChI=1S/C11H16N4O4/c12-8-2-4-14(10(19)13-8)7-15-9(18)1-3-11(15,5-16)6-17/h2,4,16-17H,1,3,5-7H2,(H2,12,13,19). The van der Waals surface area contributed by atoms with Gasteiger partial charge in [-0.25, -0.2) is 4.79 Å². The fourth-order valence-electron chi connectivity index (χ4n) is 2.18. The summed E-state index contributed by atoms with van der Waals surface area (Å²) in [6, 6.07) is 1.45. The highest BCUT2D eigenvalue weighted by molar-refractivity contribution is 5.79. The highest BCUT2D eigenvalue weighted by Gasteiger charge is 2.44. The van der Waals surface area contributed by atoms with E-state index < -0.39 is 11.2 Å². The van der Waals surface area contributed by atoms with Gasteiger partial charge in [-0.2, -0.15) is 4.98 Å². The van der Waals surface area contributed by atoms with Crippen LogP contribution < -0.4 is 11.4 Å². The molecule has 104 valence electrons. The number of nitrogens with two attached hydrogens (primary N) is 1. The quantitative estimate of drug-likeness (QED) is 0.588. The van der Waals surface area contributed by atoms with Crippen molar-refractivity contribution in [2.75, 3.05) is 18.9 Å². The maximum atomic E-state index is 11.8. The number of hydrogen-bond donors (Lipinski definition) is 3. The Morgan fingerprint density at radius 2 is 2.05 bits per heavy atom. The van der Waals surface area contributed by atoms with Crippen molar-refractivity contribution in [1.29, 1.82) is 0 Å². The molecule has 0 aliphatic carbocycles. The zero-order valence-corrected chi connectivity index (χ0v) is 10.3. The van der Waals surface area contributed by atoms with Crippen LogP contribution >= 0.6 is 0 Å². The van der Waals surface area contributed by atoms with Gasteiger partial charge in [-0.3, -0.25) is 9.36 Å². The molecule has 2 rings (SSSR count). The van der Waals surface area contributed by atoms with Crippen LogP contribution in [0.3, 0.4) is 0 Å². The first kappa shape index (κ1) is 13.5. The van der Waals surface area contributed by atoms with Gasteiger partial charge >= 0.3 is 5.69 Å². The summed E-state index contributed by atoms with van der Waals surface area (Å²) in [5, 5.41) is 18.8. The van der Waals surface area contributed by atoms with Crippen molar-refractivity contribution in [3.05, 3.63) is 22.7 Å². The lowest BCUT2D eigenvalue weighted by molar-refractivity contribution is -0.136. The number of nitrogen functional groups attached to an aromatic ring is 1. The molecule has 0 unspecified atom stereocenters. The van der Waals surface area contributed by atoms with Gasteiger partial charge in [0, 0.05) is 12.6 Å². The van der Waals surface area contributed by atoms with Gasteiger partial charge in [-0.15, -0.1) is 0 Å². The van der Waals surface area contributed by atoms with Crippen molar-refractivity contribution in [2.24, 2.45) is 0 Å². The minimum Gasteiger partial charge on any atom is -0.394 e. The molecule has 19 heavy (non-hydrogen) atoms. The van der Waals surface area contributed by atoms with Gasteiger partial charge in [0.15, 0.2) is 0 Å². The number of amides is 1. The van der Waals surface area contributed by atoms with Crippen molar-refractivity contribution in [1.82, 2.24) is 14.5 Å². The molecular formula is C11H16N4O4. The molecule has 1 fully saturated rings. The first-order valence-corrected chi connectivity index (χ1v) is 5.87. The van der Waals surface area contributed by atoms with E-state index in [0.717, 1.165) is 0 Å². The molecule has 1 amide bonds. The molecule has 0 atom stereocenters. The van der Waals surface area contributed by atoms with Crippen molar-refractivity contribution in [2.45, 2.75) is 25.0 Å². The molecule has 1 aliphatic heterocycles. The van der Waals surface area contributed by atoms with Crippen LogP contribution in [0, 0.1) is 0 Å². The lowest BCUT2D eigenvalue weighted by Gasteiger charge is -2.35. The third-order valence-electron chi connectivity index (χ3n) is 3.46. The Labute approximate surface area is 109 Å². The van der Waals surface area contributed by atoms with Gasteiger partial charge in [-0.05, 0) is 12.5 Å². The number of rotatable bonds is 4. The van der Waals surface area contributed by atoms with Gasteiger partial charge in [0.2, 0.25) is 5.91 Å². The van der Waals surface area contributed by atoms with Gasteiger partial charge in [-0.1, -0.05) is 0 Å². The normalized spacial score (nSPS) is 18.0. The topological polar surface area (TPSA) is 122 Å². The third-order valence-corrected chi connectivity index (χ3v) is 3.46. The summed E-state index contributed by atoms with van der Waals surface area (Å²) in [6.07, 6.45) is 2.02. The fraction of sp³-hybridized carbons (Fsp3) is 0.545. The van der Waals surface area contributed by atoms with E-state index in [2.05, 4.69) is 4.98 Å². The zero-order valence-electron chi connectivity index (χ0n) is 10.3. The summed E-state index contributed by atoms with van der Waals surface area (Å²) in [4.78, 5) is 28.3. The first-order chi connectivity index (χ1) is 9.02. The van der Waals surface area contributed by atoms with Gasteiger partial charge in [0.25, 0.3) is 0 Å². The molecule has 8 nitrogen and oxygen atoms in total. The molecule has 1 aromatic heterocycles. The SMILES string of the molecule is Nc1ccn(CN2C(=O)CCC2(CO)CO)c(=O)n1. The molecule has 8 heteroatoms. The molecule has 0 bridgehead atoms. The second-order valence-corrected chi connectivity index (χ2v) is 4.61. The molecule has 1 aromatic rings. The Morgan fingerprint density at radius 3 is 2.63 bits per heavy atom. The molecule has 1 saturated heterocycles. The Hall–Kier alpha value is -1.93. The van der Waals surface area contributed by atoms with Crippen LogP contribution in [-0.4, -0.2) is 49.3 Å². The number of carbonyl (C=O) groups excluding carboxylic acids is 1. The third kappa shape index (κ3) is 2.32. The second-order valence-electron chi connectivity index (χ2n) is 4.61. The van der Waals surface area contributed by atoms with Crippen LogP contribution in [0.5, 0.6) is 0 Å². The predicted octanol–water partition coefficient (Wildman–Crippen LogP) is -1.87. The summed E-state index contributed by atoms with van der Waals surface area (Å²) in [5.74, 6) is -0.114. The molecule has 0 spiro atoms. The van der Waals surface area contributed by atoms with Crippen LogP contribution in [0.4, 0.5) is 5.82 Å². The minimum atomic E-state index is -1.02. The number of anilines is 1. The predicted molar refractivity (Wildman–Crippen MR) is 65.9 cm³/mol. The van der Waals surface area contributed by atoms with Crippen LogP contribution in [0.1, 0.15) is 12.8 Å². The summed E-state index contributed by atoms with van der Waals surface area (Å²) in [7, 11) is 0.